The Morgan fingerprint density at radius 1 is 1.18 bits per heavy atom. The van der Waals surface area contributed by atoms with E-state index in [1.165, 1.54) is 31.2 Å². The molecule has 1 saturated carbocycles. The lowest BCUT2D eigenvalue weighted by molar-refractivity contribution is 0.0169. The number of morpholine rings is 1. The lowest BCUT2D eigenvalue weighted by atomic mass is 10.0. The number of nitrogens with one attached hydrogen (secondary N) is 2. The van der Waals surface area contributed by atoms with Crippen molar-refractivity contribution in [2.24, 2.45) is 4.99 Å². The molecular formula is C21H34N4O3. The maximum absolute atomic E-state index is 5.56. The summed E-state index contributed by atoms with van der Waals surface area (Å²) in [5.74, 6) is 2.39. The molecule has 28 heavy (non-hydrogen) atoms. The highest BCUT2D eigenvalue weighted by atomic mass is 16.5. The molecule has 156 valence electrons. The molecular weight excluding hydrogens is 356 g/mol. The number of nitrogens with zero attached hydrogens (tertiary/aromatic N) is 2. The van der Waals surface area contributed by atoms with Gasteiger partial charge in [-0.2, -0.15) is 0 Å². The van der Waals surface area contributed by atoms with Crippen LogP contribution < -0.4 is 20.1 Å². The predicted molar refractivity (Wildman–Crippen MR) is 111 cm³/mol. The molecule has 1 aromatic carbocycles. The molecule has 1 aliphatic heterocycles. The van der Waals surface area contributed by atoms with Gasteiger partial charge in [-0.25, -0.2) is 0 Å². The molecule has 3 rings (SSSR count). The largest absolute Gasteiger partial charge is 0.493 e. The van der Waals surface area contributed by atoms with E-state index >= 15 is 0 Å². The van der Waals surface area contributed by atoms with Crippen molar-refractivity contribution < 1.29 is 14.2 Å². The van der Waals surface area contributed by atoms with Gasteiger partial charge in [-0.05, 0) is 30.5 Å². The summed E-state index contributed by atoms with van der Waals surface area (Å²) in [5.41, 5.74) is 1.20. The summed E-state index contributed by atoms with van der Waals surface area (Å²) in [6, 6.07) is 6.91. The highest BCUT2D eigenvalue weighted by Gasteiger charge is 2.24. The number of ether oxygens (including phenoxy) is 3. The van der Waals surface area contributed by atoms with Crippen molar-refractivity contribution in [2.45, 2.75) is 37.8 Å². The first-order valence-corrected chi connectivity index (χ1v) is 10.3. The Morgan fingerprint density at radius 2 is 1.89 bits per heavy atom. The van der Waals surface area contributed by atoms with E-state index in [0.29, 0.717) is 6.04 Å². The molecule has 2 aliphatic rings. The fraction of sp³-hybridized carbons (Fsp3) is 0.667. The van der Waals surface area contributed by atoms with E-state index in [-0.39, 0.29) is 6.04 Å². The van der Waals surface area contributed by atoms with Gasteiger partial charge in [-0.3, -0.25) is 9.89 Å². The van der Waals surface area contributed by atoms with Crippen LogP contribution in [0.2, 0.25) is 0 Å². The normalized spacial score (nSPS) is 20.0. The van der Waals surface area contributed by atoms with E-state index in [0.717, 1.165) is 50.3 Å². The molecule has 1 unspecified atom stereocenters. The summed E-state index contributed by atoms with van der Waals surface area (Å²) >= 11 is 0. The smallest absolute Gasteiger partial charge is 0.191 e. The van der Waals surface area contributed by atoms with Crippen LogP contribution in [0.15, 0.2) is 23.2 Å². The second-order valence-corrected chi connectivity index (χ2v) is 7.36. The molecule has 0 spiro atoms. The maximum Gasteiger partial charge on any atom is 0.191 e. The third kappa shape index (κ3) is 5.29. The Kier molecular flexibility index (Phi) is 7.80. The number of hydrogen-bond acceptors (Lipinski definition) is 5. The first kappa shape index (κ1) is 20.7. The highest BCUT2D eigenvalue weighted by molar-refractivity contribution is 5.80. The molecule has 2 N–H and O–H groups in total. The molecule has 0 amide bonds. The first-order valence-electron chi connectivity index (χ1n) is 10.3. The lowest BCUT2D eigenvalue weighted by Crippen LogP contribution is -2.48. The Bertz CT molecular complexity index is 641. The Morgan fingerprint density at radius 3 is 2.54 bits per heavy atom. The van der Waals surface area contributed by atoms with Crippen LogP contribution in [0.25, 0.3) is 0 Å². The summed E-state index contributed by atoms with van der Waals surface area (Å²) in [6.07, 6.45) is 5.06. The lowest BCUT2D eigenvalue weighted by Gasteiger charge is -2.35. The third-order valence-corrected chi connectivity index (χ3v) is 5.66. The van der Waals surface area contributed by atoms with E-state index in [1.807, 2.05) is 13.1 Å². The summed E-state index contributed by atoms with van der Waals surface area (Å²) in [6.45, 7) is 4.12. The topological polar surface area (TPSA) is 67.4 Å². The van der Waals surface area contributed by atoms with Crippen molar-refractivity contribution in [1.82, 2.24) is 15.5 Å². The predicted octanol–water partition coefficient (Wildman–Crippen LogP) is 2.18. The standard InChI is InChI=1S/C21H34N4O3/c1-22-21(24-17-6-4-5-7-17)23-15-18(25-10-12-28-13-11-25)16-8-9-19(26-2)20(14-16)27-3/h8-9,14,17-18H,4-7,10-13,15H2,1-3H3,(H2,22,23,24). The van der Waals surface area contributed by atoms with Crippen LogP contribution in [-0.4, -0.2) is 71.0 Å². The van der Waals surface area contributed by atoms with E-state index < -0.39 is 0 Å². The molecule has 1 atom stereocenters. The van der Waals surface area contributed by atoms with Gasteiger partial charge in [0.25, 0.3) is 0 Å². The molecule has 7 nitrogen and oxygen atoms in total. The second kappa shape index (κ2) is 10.5. The van der Waals surface area contributed by atoms with Crippen LogP contribution in [-0.2, 0) is 4.74 Å². The Hall–Kier alpha value is -1.99. The van der Waals surface area contributed by atoms with Crippen LogP contribution in [0, 0.1) is 0 Å². The van der Waals surface area contributed by atoms with Crippen LogP contribution >= 0.6 is 0 Å². The quantitative estimate of drug-likeness (QED) is 0.550. The van der Waals surface area contributed by atoms with E-state index in [2.05, 4.69) is 32.7 Å². The minimum absolute atomic E-state index is 0.200. The van der Waals surface area contributed by atoms with E-state index in [4.69, 9.17) is 14.2 Å². The first-order chi connectivity index (χ1) is 13.7. The fourth-order valence-corrected chi connectivity index (χ4v) is 4.06. The highest BCUT2D eigenvalue weighted by Crippen LogP contribution is 2.32. The van der Waals surface area contributed by atoms with E-state index in [9.17, 15) is 0 Å². The number of guanidine groups is 1. The molecule has 7 heteroatoms. The van der Waals surface area contributed by atoms with Crippen LogP contribution in [0.1, 0.15) is 37.3 Å². The molecule has 2 fully saturated rings. The maximum atomic E-state index is 5.56. The molecule has 1 aromatic rings. The average Bonchev–Trinajstić information content (AvgIpc) is 3.26. The van der Waals surface area contributed by atoms with E-state index in [1.54, 1.807) is 14.2 Å². The zero-order valence-electron chi connectivity index (χ0n) is 17.4. The molecule has 1 saturated heterocycles. The monoisotopic (exact) mass is 390 g/mol. The van der Waals surface area contributed by atoms with Gasteiger partial charge in [-0.15, -0.1) is 0 Å². The number of benzene rings is 1. The zero-order chi connectivity index (χ0) is 19.8. The van der Waals surface area contributed by atoms with Gasteiger partial charge >= 0.3 is 0 Å². The molecule has 0 bridgehead atoms. The molecule has 1 heterocycles. The van der Waals surface area contributed by atoms with Gasteiger partial charge in [0, 0.05) is 32.7 Å². The van der Waals surface area contributed by atoms with Crippen LogP contribution in [0.3, 0.4) is 0 Å². The van der Waals surface area contributed by atoms with Crippen molar-refractivity contribution in [3.63, 3.8) is 0 Å². The fourth-order valence-electron chi connectivity index (χ4n) is 4.06. The SMILES string of the molecule is CN=C(NCC(c1ccc(OC)c(OC)c1)N1CCOCC1)NC1CCCC1. The number of aliphatic imine (C=N–C) groups is 1. The molecule has 0 aromatic heterocycles. The van der Waals surface area contributed by atoms with Gasteiger partial charge in [0.2, 0.25) is 0 Å². The minimum atomic E-state index is 0.200. The Labute approximate surface area is 168 Å². The van der Waals surface area contributed by atoms with Crippen LogP contribution in [0.5, 0.6) is 11.5 Å². The van der Waals surface area contributed by atoms with Crippen molar-refractivity contribution >= 4 is 5.96 Å². The van der Waals surface area contributed by atoms with Crippen molar-refractivity contribution in [1.29, 1.82) is 0 Å². The zero-order valence-corrected chi connectivity index (χ0v) is 17.4. The minimum Gasteiger partial charge on any atom is -0.493 e. The van der Waals surface area contributed by atoms with Gasteiger partial charge in [0.1, 0.15) is 0 Å². The number of rotatable bonds is 7. The van der Waals surface area contributed by atoms with Crippen LogP contribution in [0.4, 0.5) is 0 Å². The molecule has 0 radical (unpaired) electrons. The summed E-state index contributed by atoms with van der Waals surface area (Å²) in [7, 11) is 5.18. The third-order valence-electron chi connectivity index (χ3n) is 5.66. The summed E-state index contributed by atoms with van der Waals surface area (Å²) < 4.78 is 16.5. The van der Waals surface area contributed by atoms with Gasteiger partial charge in [-0.1, -0.05) is 18.9 Å². The van der Waals surface area contributed by atoms with Gasteiger partial charge < -0.3 is 24.8 Å². The van der Waals surface area contributed by atoms with Crippen molar-refractivity contribution in [2.75, 3.05) is 54.1 Å². The van der Waals surface area contributed by atoms with Crippen molar-refractivity contribution in [3.05, 3.63) is 23.8 Å². The summed E-state index contributed by atoms with van der Waals surface area (Å²) in [5, 5.41) is 7.11. The van der Waals surface area contributed by atoms with Crippen molar-refractivity contribution in [3.8, 4) is 11.5 Å². The van der Waals surface area contributed by atoms with Gasteiger partial charge in [0.15, 0.2) is 17.5 Å². The average molecular weight is 391 g/mol. The summed E-state index contributed by atoms with van der Waals surface area (Å²) in [4.78, 5) is 6.89. The Balaban J connectivity index is 1.73. The second-order valence-electron chi connectivity index (χ2n) is 7.36. The number of methoxy groups -OCH3 is 2. The number of hydrogen-bond donors (Lipinski definition) is 2. The molecule has 1 aliphatic carbocycles. The van der Waals surface area contributed by atoms with Gasteiger partial charge in [0.05, 0.1) is 33.5 Å².